The number of rotatable bonds is 7. The van der Waals surface area contributed by atoms with Crippen molar-refractivity contribution in [2.75, 3.05) is 6.61 Å². The molecule has 0 aromatic heterocycles. The van der Waals surface area contributed by atoms with Gasteiger partial charge in [-0.1, -0.05) is 6.07 Å². The highest BCUT2D eigenvalue weighted by Gasteiger charge is 2.47. The quantitative estimate of drug-likeness (QED) is 0.0792. The number of aliphatic hydroxyl groups is 4. The summed E-state index contributed by atoms with van der Waals surface area (Å²) in [5.74, 6) is -2.97. The van der Waals surface area contributed by atoms with E-state index in [2.05, 4.69) is 4.74 Å². The highest BCUT2D eigenvalue weighted by Crippen LogP contribution is 2.46. The number of hydrogen-bond acceptors (Lipinski definition) is 13. The Morgan fingerprint density at radius 2 is 1.52 bits per heavy atom. The van der Waals surface area contributed by atoms with E-state index < -0.39 is 60.9 Å². The van der Waals surface area contributed by atoms with Crippen LogP contribution in [0.2, 0.25) is 0 Å². The van der Waals surface area contributed by atoms with Crippen molar-refractivity contribution in [1.82, 2.24) is 0 Å². The molecule has 3 aromatic rings. The van der Waals surface area contributed by atoms with E-state index >= 15 is 0 Å². The molecule has 232 valence electrons. The summed E-state index contributed by atoms with van der Waals surface area (Å²) in [7, 11) is 0. The minimum absolute atomic E-state index is 0.0490. The van der Waals surface area contributed by atoms with E-state index in [0.29, 0.717) is 11.1 Å². The van der Waals surface area contributed by atoms with Gasteiger partial charge in [-0.25, -0.2) is 4.79 Å². The second-order valence-corrected chi connectivity index (χ2v) is 10.1. The number of aliphatic hydroxyl groups excluding tert-OH is 3. The van der Waals surface area contributed by atoms with Gasteiger partial charge in [0, 0.05) is 18.2 Å². The van der Waals surface area contributed by atoms with E-state index in [1.807, 2.05) is 0 Å². The molecule has 2 aliphatic heterocycles. The van der Waals surface area contributed by atoms with Gasteiger partial charge in [-0.05, 0) is 42.0 Å². The fourth-order valence-corrected chi connectivity index (χ4v) is 4.64. The van der Waals surface area contributed by atoms with Crippen molar-refractivity contribution in [3.8, 4) is 40.2 Å². The predicted molar refractivity (Wildman–Crippen MR) is 149 cm³/mol. The molecule has 0 radical (unpaired) electrons. The molecule has 0 saturated carbocycles. The van der Waals surface area contributed by atoms with Crippen molar-refractivity contribution in [2.45, 2.75) is 36.8 Å². The molecule has 44 heavy (non-hydrogen) atoms. The highest BCUT2D eigenvalue weighted by atomic mass is 16.7. The molecule has 0 aliphatic carbocycles. The van der Waals surface area contributed by atoms with Crippen molar-refractivity contribution in [3.63, 3.8) is 0 Å². The van der Waals surface area contributed by atoms with E-state index in [4.69, 9.17) is 14.2 Å². The van der Waals surface area contributed by atoms with Gasteiger partial charge >= 0.3 is 5.97 Å². The molecule has 6 atom stereocenters. The first-order valence-corrected chi connectivity index (χ1v) is 13.1. The molecule has 0 spiro atoms. The Balaban J connectivity index is 1.35. The van der Waals surface area contributed by atoms with E-state index in [1.54, 1.807) is 0 Å². The first kappa shape index (κ1) is 30.3. The molecule has 0 bridgehead atoms. The summed E-state index contributed by atoms with van der Waals surface area (Å²) < 4.78 is 21.2. The van der Waals surface area contributed by atoms with Crippen LogP contribution in [-0.4, -0.2) is 94.0 Å². The van der Waals surface area contributed by atoms with Gasteiger partial charge in [-0.15, -0.1) is 0 Å². The number of phenolic OH excluding ortho intramolecular Hbond substituents is 6. The summed E-state index contributed by atoms with van der Waals surface area (Å²) in [5.41, 5.74) is 0.816. The zero-order valence-electron chi connectivity index (χ0n) is 22.6. The van der Waals surface area contributed by atoms with Crippen LogP contribution < -0.4 is 0 Å². The lowest BCUT2D eigenvalue weighted by Crippen LogP contribution is -2.59. The van der Waals surface area contributed by atoms with Crippen molar-refractivity contribution in [3.05, 3.63) is 77.1 Å². The van der Waals surface area contributed by atoms with Crippen molar-refractivity contribution in [2.24, 2.45) is 0 Å². The molecule has 10 N–H and O–H groups in total. The first-order chi connectivity index (χ1) is 20.9. The average Bonchev–Trinajstić information content (AvgIpc) is 2.98. The van der Waals surface area contributed by atoms with Gasteiger partial charge in [0.15, 0.2) is 28.8 Å². The molecule has 3 aromatic carbocycles. The number of fused-ring (bicyclic) bond motifs is 1. The smallest absolute Gasteiger partial charge is 0.330 e. The highest BCUT2D eigenvalue weighted by molar-refractivity contribution is 5.87. The Bertz CT molecular complexity index is 1620. The van der Waals surface area contributed by atoms with Gasteiger partial charge in [0.25, 0.3) is 11.9 Å². The first-order valence-electron chi connectivity index (χ1n) is 13.1. The lowest BCUT2D eigenvalue weighted by atomic mass is 9.98. The Morgan fingerprint density at radius 1 is 0.818 bits per heavy atom. The minimum atomic E-state index is -1.80. The average molecular weight is 614 g/mol. The number of carbonyl (C=O) groups excluding carboxylic acids is 1. The van der Waals surface area contributed by atoms with Crippen molar-refractivity contribution < 1.29 is 69.7 Å². The van der Waals surface area contributed by atoms with Crippen LogP contribution in [0.1, 0.15) is 22.8 Å². The Kier molecular flexibility index (Phi) is 8.42. The standard InChI is InChI=1S/C30H28O14/c31-15-9-19(34)16-11-23(29(42-22(16)10-15)14-3-5-18(33)21(36)8-14)43-30-28(40)27(39)26(38)24(44-30)12-41-25(37)6-2-13-1-4-17(32)20(35)7-13/h1-11,24,26-36,38-40H,12H2/p+1/b6-2+/t24-,26-,27+,28-,29?,30-/m1/s1. The zero-order chi connectivity index (χ0) is 31.7. The molecule has 14 nitrogen and oxygen atoms in total. The Labute approximate surface area is 248 Å². The largest absolute Gasteiger partial charge is 0.571 e. The number of esters is 1. The van der Waals surface area contributed by atoms with Gasteiger partial charge in [0.05, 0.1) is 11.6 Å². The third-order valence-corrected chi connectivity index (χ3v) is 6.98. The minimum Gasteiger partial charge on any atom is -0.571 e. The topological polar surface area (TPSA) is 240 Å². The molecular weight excluding hydrogens is 584 g/mol. The monoisotopic (exact) mass is 613 g/mol. The summed E-state index contributed by atoms with van der Waals surface area (Å²) >= 11 is 0. The predicted octanol–water partition coefficient (Wildman–Crippen LogP) is 1.34. The van der Waals surface area contributed by atoms with E-state index in [-0.39, 0.29) is 40.1 Å². The van der Waals surface area contributed by atoms with Crippen LogP contribution in [0.15, 0.2) is 60.4 Å². The molecule has 5 rings (SSSR count). The number of hydrogen-bond donors (Lipinski definition) is 9. The summed E-state index contributed by atoms with van der Waals surface area (Å²) in [4.78, 5) is 12.3. The molecule has 1 unspecified atom stereocenters. The normalized spacial score (nSPS) is 24.7. The van der Waals surface area contributed by atoms with Gasteiger partial charge in [-0.2, -0.15) is 0 Å². The maximum absolute atomic E-state index is 12.3. The summed E-state index contributed by atoms with van der Waals surface area (Å²) in [6, 6.07) is 10.1. The van der Waals surface area contributed by atoms with E-state index in [9.17, 15) is 50.8 Å². The molecular formula is C30H29O14+. The summed E-state index contributed by atoms with van der Waals surface area (Å²) in [6.45, 7) is -0.573. The second kappa shape index (κ2) is 12.2. The maximum Gasteiger partial charge on any atom is 0.330 e. The van der Waals surface area contributed by atoms with Crippen molar-refractivity contribution >= 4 is 18.1 Å². The Hall–Kier alpha value is -5.15. The fourth-order valence-electron chi connectivity index (χ4n) is 4.64. The number of benzene rings is 3. The SMILES string of the molecule is O=C(/C=C/c1ccc(O)c(O)c1)OC[C@H]1O[C@@H](OC2=Cc3c(O)cc(O)cc3[OH+]C2c2ccc(O)c(O)c2)[C@H](O)[C@@H](O)[C@@H]1O. The lowest BCUT2D eigenvalue weighted by Gasteiger charge is -2.40. The van der Waals surface area contributed by atoms with Crippen LogP contribution in [0.25, 0.3) is 12.2 Å². The van der Waals surface area contributed by atoms with Crippen LogP contribution in [0, 0.1) is 0 Å². The van der Waals surface area contributed by atoms with Crippen LogP contribution in [0.5, 0.6) is 40.2 Å². The maximum atomic E-state index is 12.3. The van der Waals surface area contributed by atoms with Crippen LogP contribution >= 0.6 is 0 Å². The van der Waals surface area contributed by atoms with E-state index in [0.717, 1.165) is 12.1 Å². The molecule has 0 amide bonds. The number of phenols is 6. The molecule has 1 fully saturated rings. The number of ether oxygens (including phenoxy) is 4. The fraction of sp³-hybridized carbons (Fsp3) is 0.233. The second-order valence-electron chi connectivity index (χ2n) is 10.1. The van der Waals surface area contributed by atoms with Gasteiger partial charge in [0.1, 0.15) is 48.1 Å². The zero-order valence-corrected chi connectivity index (χ0v) is 22.6. The third-order valence-electron chi connectivity index (χ3n) is 6.98. The van der Waals surface area contributed by atoms with Crippen molar-refractivity contribution in [1.29, 1.82) is 0 Å². The van der Waals surface area contributed by atoms with Gasteiger partial charge in [-0.3, -0.25) is 0 Å². The molecule has 14 heteroatoms. The molecule has 1 saturated heterocycles. The van der Waals surface area contributed by atoms with Gasteiger partial charge in [0.2, 0.25) is 6.29 Å². The lowest BCUT2D eigenvalue weighted by molar-refractivity contribution is -0.296. The van der Waals surface area contributed by atoms with E-state index in [1.165, 1.54) is 54.6 Å². The van der Waals surface area contributed by atoms with Crippen LogP contribution in [0.4, 0.5) is 0 Å². The summed E-state index contributed by atoms with van der Waals surface area (Å²) in [5, 5.41) is 90.9. The Morgan fingerprint density at radius 3 is 2.23 bits per heavy atom. The number of carbonyl (C=O) groups is 1. The molecule has 2 heterocycles. The van der Waals surface area contributed by atoms with Gasteiger partial charge < -0.3 is 64.9 Å². The van der Waals surface area contributed by atoms with Crippen LogP contribution in [0.3, 0.4) is 0 Å². The number of aromatic hydroxyl groups is 7. The van der Waals surface area contributed by atoms with Crippen LogP contribution in [-0.2, 0) is 19.0 Å². The molecule has 2 aliphatic rings. The summed E-state index contributed by atoms with van der Waals surface area (Å²) in [6.07, 6.45) is -5.71. The third kappa shape index (κ3) is 6.28.